The highest BCUT2D eigenvalue weighted by Gasteiger charge is 2.36. The molecule has 8 nitrogen and oxygen atoms in total. The second-order valence-corrected chi connectivity index (χ2v) is 6.49. The summed E-state index contributed by atoms with van der Waals surface area (Å²) in [6.07, 6.45) is 3.91. The lowest BCUT2D eigenvalue weighted by molar-refractivity contribution is -0.0484. The molecule has 0 spiro atoms. The Morgan fingerprint density at radius 2 is 2.31 bits per heavy atom. The van der Waals surface area contributed by atoms with E-state index in [-0.39, 0.29) is 18.1 Å². The second-order valence-electron chi connectivity index (χ2n) is 6.49. The molecule has 0 aliphatic carbocycles. The molecule has 3 rings (SSSR count). The number of fused-ring (bicyclic) bond motifs is 1. The van der Waals surface area contributed by atoms with Gasteiger partial charge in [-0.05, 0) is 6.42 Å². The average molecular weight is 360 g/mol. The first-order chi connectivity index (χ1) is 12.5. The zero-order valence-corrected chi connectivity index (χ0v) is 14.7. The molecule has 1 saturated heterocycles. The van der Waals surface area contributed by atoms with Crippen molar-refractivity contribution in [3.63, 3.8) is 0 Å². The molecule has 0 aromatic carbocycles. The molecular formula is C18H24N4O4. The van der Waals surface area contributed by atoms with Crippen molar-refractivity contribution in [2.45, 2.75) is 57.5 Å². The molecule has 140 valence electrons. The first kappa shape index (κ1) is 18.5. The van der Waals surface area contributed by atoms with Crippen LogP contribution in [-0.4, -0.2) is 43.6 Å². The SMILES string of the molecule is CCCCCC#Cc1cn([C@@H]2O[C@H](CO)CC2O)c2nc(N)[nH]c(=O)c12. The van der Waals surface area contributed by atoms with Crippen LogP contribution in [0.25, 0.3) is 11.0 Å². The maximum Gasteiger partial charge on any atom is 0.263 e. The lowest BCUT2D eigenvalue weighted by atomic mass is 10.2. The number of aliphatic hydroxyl groups excluding tert-OH is 2. The van der Waals surface area contributed by atoms with Gasteiger partial charge < -0.3 is 25.3 Å². The Hall–Kier alpha value is -2.34. The van der Waals surface area contributed by atoms with Crippen LogP contribution in [0.2, 0.25) is 0 Å². The number of H-pyrrole nitrogens is 1. The van der Waals surface area contributed by atoms with Gasteiger partial charge >= 0.3 is 0 Å². The fraction of sp³-hybridized carbons (Fsp3) is 0.556. The van der Waals surface area contributed by atoms with E-state index >= 15 is 0 Å². The van der Waals surface area contributed by atoms with Crippen LogP contribution >= 0.6 is 0 Å². The van der Waals surface area contributed by atoms with E-state index in [0.29, 0.717) is 23.0 Å². The minimum atomic E-state index is -0.824. The van der Waals surface area contributed by atoms with Crippen molar-refractivity contribution in [3.8, 4) is 11.8 Å². The molecule has 1 aliphatic rings. The Kier molecular flexibility index (Phi) is 5.61. The van der Waals surface area contributed by atoms with Crippen molar-refractivity contribution in [2.24, 2.45) is 0 Å². The molecule has 1 fully saturated rings. The molecule has 2 aromatic rings. The van der Waals surface area contributed by atoms with Crippen LogP contribution in [0.5, 0.6) is 0 Å². The molecule has 2 aromatic heterocycles. The average Bonchev–Trinajstić information content (AvgIpc) is 3.15. The fourth-order valence-electron chi connectivity index (χ4n) is 3.18. The zero-order valence-electron chi connectivity index (χ0n) is 14.7. The van der Waals surface area contributed by atoms with Crippen LogP contribution in [-0.2, 0) is 4.74 Å². The monoisotopic (exact) mass is 360 g/mol. The molecule has 26 heavy (non-hydrogen) atoms. The molecule has 0 radical (unpaired) electrons. The van der Waals surface area contributed by atoms with Gasteiger partial charge in [0, 0.05) is 19.0 Å². The molecule has 0 saturated carbocycles. The number of hydrogen-bond donors (Lipinski definition) is 4. The number of unbranched alkanes of at least 4 members (excludes halogenated alkanes) is 3. The minimum absolute atomic E-state index is 0.0181. The van der Waals surface area contributed by atoms with Crippen LogP contribution < -0.4 is 11.3 Å². The van der Waals surface area contributed by atoms with Crippen LogP contribution in [0.1, 0.15) is 50.8 Å². The normalized spacial score (nSPS) is 22.5. The second kappa shape index (κ2) is 7.91. The molecule has 0 amide bonds. The molecule has 1 unspecified atom stereocenters. The molecular weight excluding hydrogens is 336 g/mol. The Morgan fingerprint density at radius 1 is 1.50 bits per heavy atom. The lowest BCUT2D eigenvalue weighted by Crippen LogP contribution is -2.20. The van der Waals surface area contributed by atoms with Gasteiger partial charge in [-0.3, -0.25) is 9.78 Å². The van der Waals surface area contributed by atoms with Gasteiger partial charge in [0.05, 0.1) is 23.7 Å². The highest BCUT2D eigenvalue weighted by atomic mass is 16.5. The van der Waals surface area contributed by atoms with Crippen LogP contribution in [0.15, 0.2) is 11.0 Å². The van der Waals surface area contributed by atoms with E-state index in [1.54, 1.807) is 10.8 Å². The number of nitrogens with two attached hydrogens (primary N) is 1. The number of nitrogens with zero attached hydrogens (tertiary/aromatic N) is 2. The van der Waals surface area contributed by atoms with E-state index in [9.17, 15) is 15.0 Å². The molecule has 3 atom stereocenters. The van der Waals surface area contributed by atoms with E-state index < -0.39 is 18.4 Å². The molecule has 1 aliphatic heterocycles. The Morgan fingerprint density at radius 3 is 3.00 bits per heavy atom. The highest BCUT2D eigenvalue weighted by molar-refractivity contribution is 5.83. The van der Waals surface area contributed by atoms with Crippen molar-refractivity contribution < 1.29 is 14.9 Å². The predicted molar refractivity (Wildman–Crippen MR) is 97.4 cm³/mol. The van der Waals surface area contributed by atoms with E-state index in [0.717, 1.165) is 25.7 Å². The number of hydrogen-bond acceptors (Lipinski definition) is 6. The number of nitrogens with one attached hydrogen (secondary N) is 1. The summed E-state index contributed by atoms with van der Waals surface area (Å²) < 4.78 is 7.27. The summed E-state index contributed by atoms with van der Waals surface area (Å²) in [4.78, 5) is 19.1. The fourth-order valence-corrected chi connectivity index (χ4v) is 3.18. The first-order valence-corrected chi connectivity index (χ1v) is 8.88. The highest BCUT2D eigenvalue weighted by Crippen LogP contribution is 2.32. The largest absolute Gasteiger partial charge is 0.394 e. The minimum Gasteiger partial charge on any atom is -0.394 e. The number of aromatic amines is 1. The van der Waals surface area contributed by atoms with Crippen LogP contribution in [0, 0.1) is 11.8 Å². The topological polar surface area (TPSA) is 126 Å². The summed E-state index contributed by atoms with van der Waals surface area (Å²) in [5.41, 5.74) is 6.14. The Balaban J connectivity index is 2.02. The number of aromatic nitrogens is 3. The van der Waals surface area contributed by atoms with Crippen molar-refractivity contribution in [1.82, 2.24) is 14.5 Å². The van der Waals surface area contributed by atoms with Gasteiger partial charge in [-0.25, -0.2) is 0 Å². The summed E-state index contributed by atoms with van der Waals surface area (Å²) >= 11 is 0. The summed E-state index contributed by atoms with van der Waals surface area (Å²) in [5.74, 6) is 6.10. The number of nitrogen functional groups attached to an aromatic ring is 1. The summed E-state index contributed by atoms with van der Waals surface area (Å²) in [5, 5.41) is 19.9. The van der Waals surface area contributed by atoms with Gasteiger partial charge in [-0.15, -0.1) is 0 Å². The van der Waals surface area contributed by atoms with Gasteiger partial charge in [0.2, 0.25) is 5.95 Å². The third-order valence-electron chi connectivity index (χ3n) is 4.47. The van der Waals surface area contributed by atoms with Gasteiger partial charge in [0.1, 0.15) is 6.10 Å². The smallest absolute Gasteiger partial charge is 0.263 e. The van der Waals surface area contributed by atoms with Gasteiger partial charge in [0.15, 0.2) is 11.9 Å². The third kappa shape index (κ3) is 3.60. The van der Waals surface area contributed by atoms with E-state index in [4.69, 9.17) is 10.5 Å². The number of ether oxygens (including phenoxy) is 1. The molecule has 8 heteroatoms. The predicted octanol–water partition coefficient (Wildman–Crippen LogP) is 0.879. The van der Waals surface area contributed by atoms with Crippen molar-refractivity contribution >= 4 is 17.0 Å². The third-order valence-corrected chi connectivity index (χ3v) is 4.47. The van der Waals surface area contributed by atoms with Crippen LogP contribution in [0.4, 0.5) is 5.95 Å². The van der Waals surface area contributed by atoms with Crippen molar-refractivity contribution in [3.05, 3.63) is 22.1 Å². The van der Waals surface area contributed by atoms with Crippen molar-refractivity contribution in [1.29, 1.82) is 0 Å². The number of aliphatic hydroxyl groups is 2. The lowest BCUT2D eigenvalue weighted by Gasteiger charge is -2.17. The summed E-state index contributed by atoms with van der Waals surface area (Å²) in [6, 6.07) is 0. The Labute approximate surface area is 151 Å². The summed E-state index contributed by atoms with van der Waals surface area (Å²) in [7, 11) is 0. The number of anilines is 1. The first-order valence-electron chi connectivity index (χ1n) is 8.88. The Bertz CT molecular complexity index is 892. The maximum absolute atomic E-state index is 12.4. The van der Waals surface area contributed by atoms with E-state index in [2.05, 4.69) is 28.7 Å². The molecule has 5 N–H and O–H groups in total. The standard InChI is InChI=1S/C18H24N4O4/c1-2-3-4-5-6-7-11-9-22(17-13(24)8-12(10-23)26-17)15-14(11)16(25)21-18(19)20-15/h9,12-13,17,23-24H,2-5,8,10H2,1H3,(H3,19,20,21,25)/t12-,13?,17+/m0/s1. The van der Waals surface area contributed by atoms with Gasteiger partial charge in [0.25, 0.3) is 5.56 Å². The van der Waals surface area contributed by atoms with Gasteiger partial charge in [-0.1, -0.05) is 31.6 Å². The molecule has 0 bridgehead atoms. The maximum atomic E-state index is 12.4. The zero-order chi connectivity index (χ0) is 18.7. The van der Waals surface area contributed by atoms with E-state index in [1.165, 1.54) is 0 Å². The molecule has 3 heterocycles. The summed E-state index contributed by atoms with van der Waals surface area (Å²) in [6.45, 7) is 1.94. The quantitative estimate of drug-likeness (QED) is 0.463. The number of rotatable bonds is 5. The van der Waals surface area contributed by atoms with E-state index in [1.807, 2.05) is 0 Å². The van der Waals surface area contributed by atoms with Crippen LogP contribution in [0.3, 0.4) is 0 Å². The van der Waals surface area contributed by atoms with Gasteiger partial charge in [-0.2, -0.15) is 4.98 Å². The van der Waals surface area contributed by atoms with Crippen molar-refractivity contribution in [2.75, 3.05) is 12.3 Å².